The fourth-order valence-corrected chi connectivity index (χ4v) is 2.69. The summed E-state index contributed by atoms with van der Waals surface area (Å²) in [4.78, 5) is 18.8. The van der Waals surface area contributed by atoms with Crippen LogP contribution in [-0.4, -0.2) is 54.3 Å². The number of pyridine rings is 1. The molecule has 0 aliphatic carbocycles. The first kappa shape index (κ1) is 16.7. The average molecular weight is 306 g/mol. The van der Waals surface area contributed by atoms with Crippen LogP contribution in [0.1, 0.15) is 25.1 Å². The van der Waals surface area contributed by atoms with Crippen molar-refractivity contribution in [2.24, 2.45) is 0 Å². The lowest BCUT2D eigenvalue weighted by molar-refractivity contribution is 0.0146. The molecule has 2 heterocycles. The van der Waals surface area contributed by atoms with Crippen molar-refractivity contribution < 1.29 is 9.53 Å². The monoisotopic (exact) mass is 306 g/mol. The van der Waals surface area contributed by atoms with Crippen LogP contribution in [0.25, 0.3) is 0 Å². The first-order chi connectivity index (χ1) is 10.5. The number of nitrogens with zero attached hydrogens (tertiary/aromatic N) is 2. The van der Waals surface area contributed by atoms with E-state index in [0.29, 0.717) is 5.82 Å². The lowest BCUT2D eigenvalue weighted by Crippen LogP contribution is -2.52. The number of hydrogen-bond acceptors (Lipinski definition) is 4. The van der Waals surface area contributed by atoms with E-state index in [4.69, 9.17) is 4.74 Å². The molecule has 0 bridgehead atoms. The van der Waals surface area contributed by atoms with Crippen molar-refractivity contribution in [1.29, 1.82) is 0 Å². The number of amides is 2. The summed E-state index contributed by atoms with van der Waals surface area (Å²) >= 11 is 0. The number of urea groups is 1. The van der Waals surface area contributed by atoms with E-state index in [2.05, 4.69) is 27.4 Å². The Kier molecular flexibility index (Phi) is 5.74. The van der Waals surface area contributed by atoms with Gasteiger partial charge in [0.1, 0.15) is 5.82 Å². The highest BCUT2D eigenvalue weighted by Crippen LogP contribution is 2.10. The maximum atomic E-state index is 12.1. The maximum absolute atomic E-state index is 12.1. The number of aryl methyl sites for hydroxylation is 2. The molecular formula is C16H26N4O2. The maximum Gasteiger partial charge on any atom is 0.320 e. The molecule has 2 atom stereocenters. The van der Waals surface area contributed by atoms with E-state index in [1.54, 1.807) is 0 Å². The molecule has 1 aromatic heterocycles. The number of nitrogens with one attached hydrogen (secondary N) is 2. The van der Waals surface area contributed by atoms with Gasteiger partial charge in [-0.2, -0.15) is 0 Å². The summed E-state index contributed by atoms with van der Waals surface area (Å²) in [5, 5.41) is 5.80. The van der Waals surface area contributed by atoms with Crippen LogP contribution in [0.3, 0.4) is 0 Å². The third kappa shape index (κ3) is 4.68. The lowest BCUT2D eigenvalue weighted by atomic mass is 10.1. The van der Waals surface area contributed by atoms with E-state index in [1.165, 1.54) is 0 Å². The third-order valence-electron chi connectivity index (χ3n) is 4.04. The quantitative estimate of drug-likeness (QED) is 0.892. The first-order valence-electron chi connectivity index (χ1n) is 7.80. The fraction of sp³-hybridized carbons (Fsp3) is 0.625. The van der Waals surface area contributed by atoms with Gasteiger partial charge in [-0.3, -0.25) is 10.2 Å². The Morgan fingerprint density at radius 1 is 1.27 bits per heavy atom. The average Bonchev–Trinajstić information content (AvgIpc) is 2.46. The van der Waals surface area contributed by atoms with Gasteiger partial charge < -0.3 is 10.1 Å². The predicted molar refractivity (Wildman–Crippen MR) is 87.2 cm³/mol. The van der Waals surface area contributed by atoms with Gasteiger partial charge in [-0.25, -0.2) is 9.78 Å². The van der Waals surface area contributed by atoms with Crippen molar-refractivity contribution >= 4 is 11.8 Å². The minimum Gasteiger partial charge on any atom is -0.379 e. The largest absolute Gasteiger partial charge is 0.379 e. The number of anilines is 1. The Hall–Kier alpha value is -1.66. The van der Waals surface area contributed by atoms with E-state index in [-0.39, 0.29) is 18.1 Å². The van der Waals surface area contributed by atoms with Crippen LogP contribution in [0.15, 0.2) is 12.1 Å². The Morgan fingerprint density at radius 3 is 2.59 bits per heavy atom. The van der Waals surface area contributed by atoms with Crippen LogP contribution >= 0.6 is 0 Å². The Morgan fingerprint density at radius 2 is 1.95 bits per heavy atom. The van der Waals surface area contributed by atoms with E-state index in [9.17, 15) is 4.79 Å². The molecule has 0 saturated carbocycles. The Labute approximate surface area is 132 Å². The summed E-state index contributed by atoms with van der Waals surface area (Å²) in [5.41, 5.74) is 1.97. The van der Waals surface area contributed by atoms with Crippen molar-refractivity contribution in [3.8, 4) is 0 Å². The second-order valence-electron chi connectivity index (χ2n) is 5.95. The summed E-state index contributed by atoms with van der Waals surface area (Å²) in [5.74, 6) is 0.584. The van der Waals surface area contributed by atoms with Crippen molar-refractivity contribution in [3.05, 3.63) is 23.4 Å². The van der Waals surface area contributed by atoms with Crippen LogP contribution in [0.4, 0.5) is 10.6 Å². The number of hydrogen-bond donors (Lipinski definition) is 2. The van der Waals surface area contributed by atoms with Crippen LogP contribution < -0.4 is 10.6 Å². The normalized spacial score (nSPS) is 18.5. The number of carbonyl (C=O) groups excluding carboxylic acids is 1. The summed E-state index contributed by atoms with van der Waals surface area (Å²) < 4.78 is 5.36. The third-order valence-corrected chi connectivity index (χ3v) is 4.04. The van der Waals surface area contributed by atoms with Gasteiger partial charge in [0.2, 0.25) is 0 Å². The Balaban J connectivity index is 1.87. The minimum atomic E-state index is -0.217. The lowest BCUT2D eigenvalue weighted by Gasteiger charge is -2.35. The topological polar surface area (TPSA) is 66.5 Å². The molecule has 1 aromatic rings. The molecule has 122 valence electrons. The molecule has 0 radical (unpaired) electrons. The molecule has 2 rings (SSSR count). The number of ether oxygens (including phenoxy) is 1. The zero-order chi connectivity index (χ0) is 16.1. The number of morpholine rings is 1. The van der Waals surface area contributed by atoms with Gasteiger partial charge in [-0.1, -0.05) is 0 Å². The molecule has 0 unspecified atom stereocenters. The summed E-state index contributed by atoms with van der Waals surface area (Å²) in [7, 11) is 0. The van der Waals surface area contributed by atoms with Gasteiger partial charge in [0.15, 0.2) is 0 Å². The molecule has 0 aromatic carbocycles. The Bertz CT molecular complexity index is 495. The molecule has 6 heteroatoms. The van der Waals surface area contributed by atoms with E-state index in [1.807, 2.05) is 32.9 Å². The first-order valence-corrected chi connectivity index (χ1v) is 7.80. The SMILES string of the molecule is Cc1cc(C)nc(NC(=O)N[C@H](C)[C@H](C)N2CCOCC2)c1. The highest BCUT2D eigenvalue weighted by Gasteiger charge is 2.23. The molecule has 1 fully saturated rings. The molecule has 6 nitrogen and oxygen atoms in total. The smallest absolute Gasteiger partial charge is 0.320 e. The predicted octanol–water partition coefficient (Wildman–Crippen LogP) is 1.93. The van der Waals surface area contributed by atoms with Crippen molar-refractivity contribution in [1.82, 2.24) is 15.2 Å². The van der Waals surface area contributed by atoms with Crippen LogP contribution in [0, 0.1) is 13.8 Å². The van der Waals surface area contributed by atoms with Crippen LogP contribution in [0.5, 0.6) is 0 Å². The molecule has 2 amide bonds. The van der Waals surface area contributed by atoms with Crippen molar-refractivity contribution in [3.63, 3.8) is 0 Å². The number of aromatic nitrogens is 1. The van der Waals surface area contributed by atoms with Crippen molar-refractivity contribution in [2.45, 2.75) is 39.8 Å². The standard InChI is InChI=1S/C16H26N4O2/c1-11-9-12(2)17-15(10-11)19-16(21)18-13(3)14(4)20-5-7-22-8-6-20/h9-10,13-14H,5-8H2,1-4H3,(H2,17,18,19,21)/t13-,14+/m1/s1. The highest BCUT2D eigenvalue weighted by atomic mass is 16.5. The second kappa shape index (κ2) is 7.56. The second-order valence-corrected chi connectivity index (χ2v) is 5.95. The highest BCUT2D eigenvalue weighted by molar-refractivity contribution is 5.88. The number of rotatable bonds is 4. The molecule has 1 saturated heterocycles. The zero-order valence-corrected chi connectivity index (χ0v) is 13.8. The van der Waals surface area contributed by atoms with Gasteiger partial charge in [0.25, 0.3) is 0 Å². The molecule has 2 N–H and O–H groups in total. The fourth-order valence-electron chi connectivity index (χ4n) is 2.69. The van der Waals surface area contributed by atoms with Gasteiger partial charge in [0.05, 0.1) is 13.2 Å². The molecule has 1 aliphatic rings. The molecular weight excluding hydrogens is 280 g/mol. The van der Waals surface area contributed by atoms with Gasteiger partial charge >= 0.3 is 6.03 Å². The molecule has 1 aliphatic heterocycles. The number of carbonyl (C=O) groups is 1. The molecule has 22 heavy (non-hydrogen) atoms. The molecule has 0 spiro atoms. The van der Waals surface area contributed by atoms with E-state index in [0.717, 1.165) is 37.6 Å². The minimum absolute atomic E-state index is 0.0454. The van der Waals surface area contributed by atoms with E-state index < -0.39 is 0 Å². The van der Waals surface area contributed by atoms with Crippen LogP contribution in [-0.2, 0) is 4.74 Å². The van der Waals surface area contributed by atoms with E-state index >= 15 is 0 Å². The zero-order valence-electron chi connectivity index (χ0n) is 13.8. The summed E-state index contributed by atoms with van der Waals surface area (Å²) in [6.45, 7) is 11.4. The van der Waals surface area contributed by atoms with Crippen LogP contribution in [0.2, 0.25) is 0 Å². The summed E-state index contributed by atoms with van der Waals surface area (Å²) in [6.07, 6.45) is 0. The van der Waals surface area contributed by atoms with Gasteiger partial charge in [-0.05, 0) is 45.4 Å². The van der Waals surface area contributed by atoms with Gasteiger partial charge in [0, 0.05) is 30.9 Å². The van der Waals surface area contributed by atoms with Crippen molar-refractivity contribution in [2.75, 3.05) is 31.6 Å². The van der Waals surface area contributed by atoms with Gasteiger partial charge in [-0.15, -0.1) is 0 Å². The summed E-state index contributed by atoms with van der Waals surface area (Å²) in [6, 6.07) is 3.94.